The average molecular weight is 358 g/mol. The molecular weight excluding hydrogens is 328 g/mol. The standard InChI is InChI=1S/C20H30N4O2/c1-17-4-6-18(7-5-17)20(26)24(15-14-22-10-2-3-11-22)16-19(25)23-12-8-21-9-13-23/h4-7,21H,2-3,8-16H2,1H3. The molecular formula is C20H30N4O2. The van der Waals surface area contributed by atoms with Gasteiger partial charge in [-0.25, -0.2) is 0 Å². The first-order chi connectivity index (χ1) is 12.6. The van der Waals surface area contributed by atoms with Crippen LogP contribution in [0.15, 0.2) is 24.3 Å². The highest BCUT2D eigenvalue weighted by Gasteiger charge is 2.24. The van der Waals surface area contributed by atoms with E-state index in [9.17, 15) is 9.59 Å². The number of carbonyl (C=O) groups is 2. The van der Waals surface area contributed by atoms with E-state index in [0.29, 0.717) is 12.1 Å². The van der Waals surface area contributed by atoms with Crippen molar-refractivity contribution in [3.05, 3.63) is 35.4 Å². The Bertz CT molecular complexity index is 605. The summed E-state index contributed by atoms with van der Waals surface area (Å²) in [6.07, 6.45) is 2.46. The molecule has 0 saturated carbocycles. The summed E-state index contributed by atoms with van der Waals surface area (Å²) in [5, 5.41) is 3.26. The van der Waals surface area contributed by atoms with E-state index in [-0.39, 0.29) is 18.4 Å². The Balaban J connectivity index is 1.66. The van der Waals surface area contributed by atoms with Gasteiger partial charge in [-0.05, 0) is 45.0 Å². The molecule has 0 radical (unpaired) electrons. The summed E-state index contributed by atoms with van der Waals surface area (Å²) < 4.78 is 0. The maximum absolute atomic E-state index is 13.0. The number of hydrogen-bond acceptors (Lipinski definition) is 4. The van der Waals surface area contributed by atoms with Gasteiger partial charge in [-0.3, -0.25) is 9.59 Å². The molecule has 1 N–H and O–H groups in total. The van der Waals surface area contributed by atoms with Crippen molar-refractivity contribution >= 4 is 11.8 Å². The molecule has 1 aromatic rings. The second-order valence-corrected chi connectivity index (χ2v) is 7.27. The quantitative estimate of drug-likeness (QED) is 0.823. The van der Waals surface area contributed by atoms with Crippen LogP contribution in [0.2, 0.25) is 0 Å². The summed E-state index contributed by atoms with van der Waals surface area (Å²) in [5.41, 5.74) is 1.78. The van der Waals surface area contributed by atoms with Crippen molar-refractivity contribution in [1.29, 1.82) is 0 Å². The molecule has 3 rings (SSSR count). The molecule has 26 heavy (non-hydrogen) atoms. The highest BCUT2D eigenvalue weighted by atomic mass is 16.2. The third kappa shape index (κ3) is 5.05. The smallest absolute Gasteiger partial charge is 0.254 e. The van der Waals surface area contributed by atoms with Gasteiger partial charge in [0.1, 0.15) is 6.54 Å². The summed E-state index contributed by atoms with van der Waals surface area (Å²) >= 11 is 0. The minimum atomic E-state index is -0.0484. The molecule has 2 aliphatic heterocycles. The lowest BCUT2D eigenvalue weighted by molar-refractivity contribution is -0.132. The Kier molecular flexibility index (Phi) is 6.63. The lowest BCUT2D eigenvalue weighted by atomic mass is 10.1. The second-order valence-electron chi connectivity index (χ2n) is 7.27. The molecule has 0 aliphatic carbocycles. The van der Waals surface area contributed by atoms with Crippen LogP contribution in [0.5, 0.6) is 0 Å². The van der Waals surface area contributed by atoms with Crippen LogP contribution in [0, 0.1) is 6.92 Å². The highest BCUT2D eigenvalue weighted by Crippen LogP contribution is 2.11. The maximum Gasteiger partial charge on any atom is 0.254 e. The monoisotopic (exact) mass is 358 g/mol. The SMILES string of the molecule is Cc1ccc(C(=O)N(CCN2CCCC2)CC(=O)N2CCNCC2)cc1. The molecule has 2 heterocycles. The van der Waals surface area contributed by atoms with Crippen molar-refractivity contribution in [3.8, 4) is 0 Å². The fourth-order valence-electron chi connectivity index (χ4n) is 3.58. The molecule has 2 saturated heterocycles. The van der Waals surface area contributed by atoms with E-state index >= 15 is 0 Å². The number of benzene rings is 1. The number of nitrogens with zero attached hydrogens (tertiary/aromatic N) is 3. The molecule has 0 aromatic heterocycles. The van der Waals surface area contributed by atoms with E-state index in [4.69, 9.17) is 0 Å². The van der Waals surface area contributed by atoms with Gasteiger partial charge in [0.15, 0.2) is 0 Å². The molecule has 2 fully saturated rings. The molecule has 0 unspecified atom stereocenters. The van der Waals surface area contributed by atoms with Crippen molar-refractivity contribution in [1.82, 2.24) is 20.0 Å². The Morgan fingerprint density at radius 1 is 1.04 bits per heavy atom. The van der Waals surface area contributed by atoms with E-state index in [1.807, 2.05) is 36.1 Å². The average Bonchev–Trinajstić information content (AvgIpc) is 3.19. The largest absolute Gasteiger partial charge is 0.339 e. The predicted octanol–water partition coefficient (Wildman–Crippen LogP) is 0.965. The van der Waals surface area contributed by atoms with Crippen LogP contribution in [-0.2, 0) is 4.79 Å². The highest BCUT2D eigenvalue weighted by molar-refractivity contribution is 5.96. The van der Waals surface area contributed by atoms with E-state index in [1.165, 1.54) is 12.8 Å². The Labute approximate surface area is 156 Å². The van der Waals surface area contributed by atoms with Crippen molar-refractivity contribution in [2.75, 3.05) is 58.9 Å². The fourth-order valence-corrected chi connectivity index (χ4v) is 3.58. The first kappa shape index (κ1) is 18.9. The number of piperazine rings is 1. The summed E-state index contributed by atoms with van der Waals surface area (Å²) in [4.78, 5) is 31.7. The van der Waals surface area contributed by atoms with Gasteiger partial charge in [0.05, 0.1) is 0 Å². The minimum absolute atomic E-state index is 0.0484. The molecule has 0 spiro atoms. The first-order valence-corrected chi connectivity index (χ1v) is 9.70. The number of hydrogen-bond donors (Lipinski definition) is 1. The second kappa shape index (κ2) is 9.14. The van der Waals surface area contributed by atoms with Crippen LogP contribution in [-0.4, -0.2) is 85.4 Å². The third-order valence-electron chi connectivity index (χ3n) is 5.27. The van der Waals surface area contributed by atoms with Gasteiger partial charge in [-0.15, -0.1) is 0 Å². The van der Waals surface area contributed by atoms with E-state index in [1.54, 1.807) is 4.90 Å². The van der Waals surface area contributed by atoms with E-state index in [2.05, 4.69) is 10.2 Å². The number of carbonyl (C=O) groups excluding carboxylic acids is 2. The molecule has 6 nitrogen and oxygen atoms in total. The third-order valence-corrected chi connectivity index (χ3v) is 5.27. The minimum Gasteiger partial charge on any atom is -0.339 e. The molecule has 142 valence electrons. The number of amides is 2. The Morgan fingerprint density at radius 2 is 1.69 bits per heavy atom. The van der Waals surface area contributed by atoms with Crippen molar-refractivity contribution < 1.29 is 9.59 Å². The predicted molar refractivity (Wildman–Crippen MR) is 102 cm³/mol. The lowest BCUT2D eigenvalue weighted by Gasteiger charge is -2.31. The lowest BCUT2D eigenvalue weighted by Crippen LogP contribution is -2.51. The van der Waals surface area contributed by atoms with E-state index < -0.39 is 0 Å². The van der Waals surface area contributed by atoms with Gasteiger partial charge in [-0.1, -0.05) is 17.7 Å². The molecule has 1 aromatic carbocycles. The van der Waals surface area contributed by atoms with Gasteiger partial charge in [0.25, 0.3) is 5.91 Å². The zero-order valence-electron chi connectivity index (χ0n) is 15.7. The van der Waals surface area contributed by atoms with Crippen LogP contribution in [0.4, 0.5) is 0 Å². The Morgan fingerprint density at radius 3 is 2.35 bits per heavy atom. The van der Waals surface area contributed by atoms with Crippen molar-refractivity contribution in [2.24, 2.45) is 0 Å². The molecule has 0 bridgehead atoms. The number of rotatable bonds is 6. The van der Waals surface area contributed by atoms with Gasteiger partial charge in [-0.2, -0.15) is 0 Å². The van der Waals surface area contributed by atoms with Gasteiger partial charge >= 0.3 is 0 Å². The normalized spacial score (nSPS) is 18.1. The molecule has 0 atom stereocenters. The summed E-state index contributed by atoms with van der Waals surface area (Å²) in [6, 6.07) is 7.61. The van der Waals surface area contributed by atoms with Gasteiger partial charge in [0.2, 0.25) is 5.91 Å². The van der Waals surface area contributed by atoms with Crippen LogP contribution >= 0.6 is 0 Å². The van der Waals surface area contributed by atoms with Gasteiger partial charge in [0, 0.05) is 44.8 Å². The molecule has 2 aliphatic rings. The molecule has 2 amide bonds. The van der Waals surface area contributed by atoms with Gasteiger partial charge < -0.3 is 20.0 Å². The number of aryl methyl sites for hydroxylation is 1. The van der Waals surface area contributed by atoms with Crippen molar-refractivity contribution in [3.63, 3.8) is 0 Å². The first-order valence-electron chi connectivity index (χ1n) is 9.70. The fraction of sp³-hybridized carbons (Fsp3) is 0.600. The summed E-state index contributed by atoms with van der Waals surface area (Å²) in [6.45, 7) is 8.90. The molecule has 6 heteroatoms. The van der Waals surface area contributed by atoms with Crippen LogP contribution in [0.3, 0.4) is 0 Å². The van der Waals surface area contributed by atoms with Crippen LogP contribution in [0.1, 0.15) is 28.8 Å². The zero-order valence-corrected chi connectivity index (χ0v) is 15.7. The summed E-state index contributed by atoms with van der Waals surface area (Å²) in [7, 11) is 0. The summed E-state index contributed by atoms with van der Waals surface area (Å²) in [5.74, 6) is 0.000986. The number of nitrogens with one attached hydrogen (secondary N) is 1. The number of likely N-dealkylation sites (tertiary alicyclic amines) is 1. The maximum atomic E-state index is 13.0. The van der Waals surface area contributed by atoms with Crippen molar-refractivity contribution in [2.45, 2.75) is 19.8 Å². The zero-order chi connectivity index (χ0) is 18.4. The van der Waals surface area contributed by atoms with Crippen LogP contribution < -0.4 is 5.32 Å². The Hall–Kier alpha value is -1.92. The topological polar surface area (TPSA) is 55.9 Å². The van der Waals surface area contributed by atoms with Crippen LogP contribution in [0.25, 0.3) is 0 Å². The van der Waals surface area contributed by atoms with E-state index in [0.717, 1.165) is 51.4 Å².